The minimum atomic E-state index is -0.371. The first kappa shape index (κ1) is 13.4. The number of nitrogens with one attached hydrogen (secondary N) is 2. The molecule has 0 spiro atoms. The molecule has 1 aliphatic heterocycles. The standard InChI is InChI=1S/C15H27N3O/c1-15(2,18-7-5-16-6-8-18)14(19)17-13-10-11-3-4-12(13)9-11/h11-13,16H,3-10H2,1-2H3,(H,17,19). The van der Waals surface area contributed by atoms with Gasteiger partial charge in [0.15, 0.2) is 0 Å². The number of fused-ring (bicyclic) bond motifs is 2. The van der Waals surface area contributed by atoms with Crippen molar-refractivity contribution in [2.24, 2.45) is 11.8 Å². The summed E-state index contributed by atoms with van der Waals surface area (Å²) in [6.45, 7) is 8.06. The Labute approximate surface area is 116 Å². The topological polar surface area (TPSA) is 44.4 Å². The van der Waals surface area contributed by atoms with Gasteiger partial charge in [-0.15, -0.1) is 0 Å². The lowest BCUT2D eigenvalue weighted by Gasteiger charge is -2.41. The highest BCUT2D eigenvalue weighted by Gasteiger charge is 2.43. The van der Waals surface area contributed by atoms with Crippen molar-refractivity contribution in [1.82, 2.24) is 15.5 Å². The van der Waals surface area contributed by atoms with Crippen LogP contribution in [-0.2, 0) is 4.79 Å². The summed E-state index contributed by atoms with van der Waals surface area (Å²) in [5.74, 6) is 1.87. The van der Waals surface area contributed by atoms with Gasteiger partial charge in [-0.05, 0) is 44.9 Å². The summed E-state index contributed by atoms with van der Waals surface area (Å²) in [7, 11) is 0. The Balaban J connectivity index is 1.59. The largest absolute Gasteiger partial charge is 0.351 e. The van der Waals surface area contributed by atoms with Crippen LogP contribution in [0.2, 0.25) is 0 Å². The Kier molecular flexibility index (Phi) is 3.56. The monoisotopic (exact) mass is 265 g/mol. The maximum Gasteiger partial charge on any atom is 0.240 e. The third-order valence-corrected chi connectivity index (χ3v) is 5.52. The average Bonchev–Trinajstić information content (AvgIpc) is 3.02. The third-order valence-electron chi connectivity index (χ3n) is 5.52. The number of hydrogen-bond acceptors (Lipinski definition) is 3. The van der Waals surface area contributed by atoms with Crippen LogP contribution in [0, 0.1) is 11.8 Å². The van der Waals surface area contributed by atoms with E-state index in [1.54, 1.807) is 0 Å². The van der Waals surface area contributed by atoms with E-state index in [1.807, 2.05) is 0 Å². The highest BCUT2D eigenvalue weighted by Crippen LogP contribution is 2.44. The average molecular weight is 265 g/mol. The maximum absolute atomic E-state index is 12.6. The van der Waals surface area contributed by atoms with Crippen molar-refractivity contribution in [2.45, 2.75) is 51.1 Å². The molecule has 0 aromatic rings. The molecule has 4 heteroatoms. The molecular weight excluding hydrogens is 238 g/mol. The highest BCUT2D eigenvalue weighted by molar-refractivity contribution is 5.85. The smallest absolute Gasteiger partial charge is 0.240 e. The van der Waals surface area contributed by atoms with E-state index in [9.17, 15) is 4.79 Å². The van der Waals surface area contributed by atoms with Gasteiger partial charge in [0.05, 0.1) is 5.54 Å². The van der Waals surface area contributed by atoms with Gasteiger partial charge in [-0.2, -0.15) is 0 Å². The summed E-state index contributed by atoms with van der Waals surface area (Å²) < 4.78 is 0. The van der Waals surface area contributed by atoms with Crippen molar-refractivity contribution in [3.05, 3.63) is 0 Å². The molecule has 3 rings (SSSR count). The van der Waals surface area contributed by atoms with Crippen molar-refractivity contribution in [3.63, 3.8) is 0 Å². The Hall–Kier alpha value is -0.610. The fraction of sp³-hybridized carbons (Fsp3) is 0.933. The fourth-order valence-electron chi connectivity index (χ4n) is 4.13. The van der Waals surface area contributed by atoms with Crippen LogP contribution in [0.25, 0.3) is 0 Å². The zero-order valence-electron chi connectivity index (χ0n) is 12.2. The molecular formula is C15H27N3O. The summed E-state index contributed by atoms with van der Waals surface area (Å²) in [6.07, 6.45) is 5.27. The fourth-order valence-corrected chi connectivity index (χ4v) is 4.13. The van der Waals surface area contributed by atoms with Gasteiger partial charge >= 0.3 is 0 Å². The molecule has 4 nitrogen and oxygen atoms in total. The van der Waals surface area contributed by atoms with E-state index < -0.39 is 0 Å². The highest BCUT2D eigenvalue weighted by atomic mass is 16.2. The van der Waals surface area contributed by atoms with Crippen LogP contribution in [-0.4, -0.2) is 48.6 Å². The number of piperazine rings is 1. The van der Waals surface area contributed by atoms with E-state index in [0.29, 0.717) is 6.04 Å². The van der Waals surface area contributed by atoms with Crippen LogP contribution >= 0.6 is 0 Å². The first-order chi connectivity index (χ1) is 9.07. The van der Waals surface area contributed by atoms with E-state index >= 15 is 0 Å². The Morgan fingerprint density at radius 3 is 2.53 bits per heavy atom. The maximum atomic E-state index is 12.6. The molecule has 2 aliphatic carbocycles. The minimum absolute atomic E-state index is 0.229. The lowest BCUT2D eigenvalue weighted by atomic mass is 9.93. The van der Waals surface area contributed by atoms with Crippen LogP contribution in [0.15, 0.2) is 0 Å². The van der Waals surface area contributed by atoms with Crippen LogP contribution in [0.4, 0.5) is 0 Å². The van der Waals surface area contributed by atoms with Crippen molar-refractivity contribution < 1.29 is 4.79 Å². The van der Waals surface area contributed by atoms with Gasteiger partial charge in [-0.25, -0.2) is 0 Å². The second kappa shape index (κ2) is 5.06. The number of carbonyl (C=O) groups excluding carboxylic acids is 1. The molecule has 3 atom stereocenters. The zero-order valence-corrected chi connectivity index (χ0v) is 12.2. The van der Waals surface area contributed by atoms with Crippen LogP contribution in [0.5, 0.6) is 0 Å². The second-order valence-electron chi connectivity index (χ2n) is 7.05. The van der Waals surface area contributed by atoms with Crippen LogP contribution in [0.1, 0.15) is 39.5 Å². The molecule has 3 fully saturated rings. The molecule has 1 amide bonds. The van der Waals surface area contributed by atoms with E-state index in [4.69, 9.17) is 0 Å². The molecule has 1 heterocycles. The van der Waals surface area contributed by atoms with Gasteiger partial charge in [0.25, 0.3) is 0 Å². The van der Waals surface area contributed by atoms with Gasteiger partial charge in [0.2, 0.25) is 5.91 Å². The zero-order chi connectivity index (χ0) is 13.5. The molecule has 1 saturated heterocycles. The quantitative estimate of drug-likeness (QED) is 0.799. The molecule has 0 radical (unpaired) electrons. The Morgan fingerprint density at radius 1 is 1.21 bits per heavy atom. The molecule has 3 aliphatic rings. The number of amides is 1. The van der Waals surface area contributed by atoms with E-state index in [2.05, 4.69) is 29.4 Å². The lowest BCUT2D eigenvalue weighted by molar-refractivity contribution is -0.133. The molecule has 3 unspecified atom stereocenters. The predicted octanol–water partition coefficient (Wildman–Crippen LogP) is 0.975. The number of rotatable bonds is 3. The lowest BCUT2D eigenvalue weighted by Crippen LogP contribution is -2.61. The Bertz CT molecular complexity index is 349. The number of carbonyl (C=O) groups is 1. The summed E-state index contributed by atoms with van der Waals surface area (Å²) in [5.41, 5.74) is -0.371. The summed E-state index contributed by atoms with van der Waals surface area (Å²) in [6, 6.07) is 0.452. The molecule has 2 bridgehead atoms. The predicted molar refractivity (Wildman–Crippen MR) is 75.9 cm³/mol. The summed E-state index contributed by atoms with van der Waals surface area (Å²) in [4.78, 5) is 14.9. The SMILES string of the molecule is CC(C)(C(=O)NC1CC2CCC1C2)N1CCNCC1. The molecule has 0 aromatic heterocycles. The van der Waals surface area contributed by atoms with Gasteiger partial charge in [0.1, 0.15) is 0 Å². The molecule has 0 aromatic carbocycles. The van der Waals surface area contributed by atoms with Gasteiger partial charge < -0.3 is 10.6 Å². The normalized spacial score (nSPS) is 35.6. The van der Waals surface area contributed by atoms with E-state index in [-0.39, 0.29) is 11.4 Å². The van der Waals surface area contributed by atoms with Crippen molar-refractivity contribution in [3.8, 4) is 0 Å². The van der Waals surface area contributed by atoms with E-state index in [0.717, 1.165) is 38.0 Å². The van der Waals surface area contributed by atoms with E-state index in [1.165, 1.54) is 25.7 Å². The summed E-state index contributed by atoms with van der Waals surface area (Å²) in [5, 5.41) is 6.69. The number of nitrogens with zero attached hydrogens (tertiary/aromatic N) is 1. The molecule has 2 N–H and O–H groups in total. The van der Waals surface area contributed by atoms with Crippen molar-refractivity contribution in [2.75, 3.05) is 26.2 Å². The number of hydrogen-bond donors (Lipinski definition) is 2. The van der Waals surface area contributed by atoms with Gasteiger partial charge in [-0.3, -0.25) is 9.69 Å². The summed E-state index contributed by atoms with van der Waals surface area (Å²) >= 11 is 0. The first-order valence-corrected chi connectivity index (χ1v) is 7.84. The van der Waals surface area contributed by atoms with Crippen LogP contribution < -0.4 is 10.6 Å². The first-order valence-electron chi connectivity index (χ1n) is 7.84. The van der Waals surface area contributed by atoms with Gasteiger partial charge in [-0.1, -0.05) is 6.42 Å². The molecule has 108 valence electrons. The third kappa shape index (κ3) is 2.52. The molecule has 2 saturated carbocycles. The second-order valence-corrected chi connectivity index (χ2v) is 7.05. The minimum Gasteiger partial charge on any atom is -0.351 e. The van der Waals surface area contributed by atoms with Crippen LogP contribution in [0.3, 0.4) is 0 Å². The van der Waals surface area contributed by atoms with Crippen molar-refractivity contribution in [1.29, 1.82) is 0 Å². The van der Waals surface area contributed by atoms with Crippen molar-refractivity contribution >= 4 is 5.91 Å². The Morgan fingerprint density at radius 2 is 1.95 bits per heavy atom. The molecule has 19 heavy (non-hydrogen) atoms. The van der Waals surface area contributed by atoms with Gasteiger partial charge in [0, 0.05) is 32.2 Å².